The second kappa shape index (κ2) is 9.46. The molecule has 4 aromatic rings. The smallest absolute Gasteiger partial charge is 0.253 e. The average Bonchev–Trinajstić information content (AvgIpc) is 2.88. The van der Waals surface area contributed by atoms with Crippen molar-refractivity contribution in [3.63, 3.8) is 0 Å². The molecule has 0 bridgehead atoms. The molecule has 0 radical (unpaired) electrons. The van der Waals surface area contributed by atoms with Crippen LogP contribution >= 0.6 is 0 Å². The van der Waals surface area contributed by atoms with E-state index >= 15 is 0 Å². The first-order valence-electron chi connectivity index (χ1n) is 11.5. The van der Waals surface area contributed by atoms with E-state index in [1.54, 1.807) is 6.07 Å². The fourth-order valence-electron chi connectivity index (χ4n) is 4.37. The summed E-state index contributed by atoms with van der Waals surface area (Å²) in [5.41, 5.74) is 3.31. The van der Waals surface area contributed by atoms with Gasteiger partial charge in [-0.05, 0) is 60.1 Å². The molecule has 2 heterocycles. The third-order valence-electron chi connectivity index (χ3n) is 6.41. The number of likely N-dealkylation sites (N-methyl/N-ethyl adjacent to an activating group) is 1. The molecular formula is C27H26N6O. The third-order valence-corrected chi connectivity index (χ3v) is 6.41. The van der Waals surface area contributed by atoms with Gasteiger partial charge in [0.1, 0.15) is 12.1 Å². The number of rotatable bonds is 5. The molecule has 7 heteroatoms. The zero-order valence-corrected chi connectivity index (χ0v) is 19.2. The minimum atomic E-state index is 0.106. The second-order valence-corrected chi connectivity index (χ2v) is 8.73. The van der Waals surface area contributed by atoms with E-state index in [4.69, 9.17) is 0 Å². The van der Waals surface area contributed by atoms with Crippen LogP contribution < -0.4 is 5.32 Å². The van der Waals surface area contributed by atoms with Crippen molar-refractivity contribution in [3.8, 4) is 6.07 Å². The summed E-state index contributed by atoms with van der Waals surface area (Å²) in [6.07, 6.45) is 2.33. The Bertz CT molecular complexity index is 1400. The van der Waals surface area contributed by atoms with Gasteiger partial charge in [0.05, 0.1) is 17.1 Å². The van der Waals surface area contributed by atoms with Crippen LogP contribution in [0.5, 0.6) is 0 Å². The van der Waals surface area contributed by atoms with E-state index in [2.05, 4.69) is 51.5 Å². The lowest BCUT2D eigenvalue weighted by Gasteiger charge is -2.32. The molecule has 7 nitrogen and oxygen atoms in total. The summed E-state index contributed by atoms with van der Waals surface area (Å²) in [5.74, 6) is 0.831. The first kappa shape index (κ1) is 21.8. The maximum Gasteiger partial charge on any atom is 0.253 e. The quantitative estimate of drug-likeness (QED) is 0.499. The van der Waals surface area contributed by atoms with Crippen molar-refractivity contribution in [1.82, 2.24) is 19.8 Å². The van der Waals surface area contributed by atoms with Crippen molar-refractivity contribution in [2.75, 3.05) is 45.1 Å². The van der Waals surface area contributed by atoms with Crippen LogP contribution in [0.2, 0.25) is 0 Å². The number of anilines is 1. The maximum atomic E-state index is 13.0. The number of amides is 1. The van der Waals surface area contributed by atoms with Crippen molar-refractivity contribution in [2.45, 2.75) is 6.42 Å². The Labute approximate surface area is 198 Å². The summed E-state index contributed by atoms with van der Waals surface area (Å²) in [7, 11) is 2.09. The Morgan fingerprint density at radius 2 is 1.82 bits per heavy atom. The van der Waals surface area contributed by atoms with Crippen molar-refractivity contribution in [1.29, 1.82) is 5.26 Å². The zero-order chi connectivity index (χ0) is 23.5. The summed E-state index contributed by atoms with van der Waals surface area (Å²) >= 11 is 0. The monoisotopic (exact) mass is 450 g/mol. The molecule has 0 unspecified atom stereocenters. The Morgan fingerprint density at radius 3 is 2.65 bits per heavy atom. The summed E-state index contributed by atoms with van der Waals surface area (Å²) in [4.78, 5) is 25.8. The van der Waals surface area contributed by atoms with Crippen molar-refractivity contribution < 1.29 is 4.79 Å². The lowest BCUT2D eigenvalue weighted by atomic mass is 10.0. The van der Waals surface area contributed by atoms with E-state index in [1.165, 1.54) is 11.9 Å². The van der Waals surface area contributed by atoms with E-state index in [1.807, 2.05) is 35.2 Å². The highest BCUT2D eigenvalue weighted by Gasteiger charge is 2.20. The van der Waals surface area contributed by atoms with E-state index in [0.717, 1.165) is 65.7 Å². The van der Waals surface area contributed by atoms with Crippen LogP contribution in [0.3, 0.4) is 0 Å². The standard InChI is InChI=1S/C27H26N6O/c1-32-10-12-33(13-11-32)27(34)22-6-5-21-4-2-19(14-23(21)16-22)8-9-29-26-24-15-20(17-28)3-7-25(24)30-18-31-26/h2-7,14-16,18H,8-13H2,1H3,(H,29,30,31). The number of hydrogen-bond acceptors (Lipinski definition) is 6. The predicted octanol–water partition coefficient (Wildman–Crippen LogP) is 3.70. The topological polar surface area (TPSA) is 85.2 Å². The molecule has 5 rings (SSSR count). The first-order chi connectivity index (χ1) is 16.6. The second-order valence-electron chi connectivity index (χ2n) is 8.73. The normalized spacial score (nSPS) is 14.3. The number of aromatic nitrogens is 2. The molecule has 0 aliphatic carbocycles. The number of hydrogen-bond donors (Lipinski definition) is 1. The number of fused-ring (bicyclic) bond motifs is 2. The molecule has 1 aliphatic rings. The van der Waals surface area contributed by atoms with Gasteiger partial charge in [0, 0.05) is 43.7 Å². The van der Waals surface area contributed by atoms with Gasteiger partial charge in [0.25, 0.3) is 5.91 Å². The Balaban J connectivity index is 1.30. The van der Waals surface area contributed by atoms with E-state index in [9.17, 15) is 10.1 Å². The highest BCUT2D eigenvalue weighted by molar-refractivity contribution is 5.98. The molecule has 1 saturated heterocycles. The van der Waals surface area contributed by atoms with Crippen LogP contribution in [-0.2, 0) is 6.42 Å². The van der Waals surface area contributed by atoms with Crippen molar-refractivity contribution >= 4 is 33.4 Å². The molecule has 1 aromatic heterocycles. The third kappa shape index (κ3) is 4.54. The number of benzene rings is 3. The van der Waals surface area contributed by atoms with E-state index in [-0.39, 0.29) is 5.91 Å². The Kier molecular flexibility index (Phi) is 6.07. The van der Waals surface area contributed by atoms with Crippen LogP contribution in [0, 0.1) is 11.3 Å². The number of nitrogens with zero attached hydrogens (tertiary/aromatic N) is 5. The fourth-order valence-corrected chi connectivity index (χ4v) is 4.37. The van der Waals surface area contributed by atoms with Gasteiger partial charge >= 0.3 is 0 Å². The minimum Gasteiger partial charge on any atom is -0.369 e. The SMILES string of the molecule is CN1CCN(C(=O)c2ccc3ccc(CCNc4ncnc5ccc(C#N)cc45)cc3c2)CC1. The Hall–Kier alpha value is -4.02. The molecule has 1 aliphatic heterocycles. The van der Waals surface area contributed by atoms with Gasteiger partial charge < -0.3 is 15.1 Å². The molecule has 34 heavy (non-hydrogen) atoms. The molecule has 1 N–H and O–H groups in total. The number of piperazine rings is 1. The molecule has 0 saturated carbocycles. The highest BCUT2D eigenvalue weighted by Crippen LogP contribution is 2.22. The molecule has 0 spiro atoms. The summed E-state index contributed by atoms with van der Waals surface area (Å²) < 4.78 is 0. The maximum absolute atomic E-state index is 13.0. The van der Waals surface area contributed by atoms with E-state index in [0.29, 0.717) is 12.1 Å². The molecular weight excluding hydrogens is 424 g/mol. The first-order valence-corrected chi connectivity index (χ1v) is 11.5. The van der Waals surface area contributed by atoms with Gasteiger partial charge in [0.2, 0.25) is 0 Å². The summed E-state index contributed by atoms with van der Waals surface area (Å²) in [6.45, 7) is 4.06. The summed E-state index contributed by atoms with van der Waals surface area (Å²) in [6, 6.07) is 19.9. The van der Waals surface area contributed by atoms with Crippen LogP contribution in [-0.4, -0.2) is 65.4 Å². The molecule has 3 aromatic carbocycles. The van der Waals surface area contributed by atoms with Gasteiger partial charge in [-0.1, -0.05) is 24.3 Å². The number of carbonyl (C=O) groups is 1. The molecule has 1 amide bonds. The largest absolute Gasteiger partial charge is 0.369 e. The number of carbonyl (C=O) groups excluding carboxylic acids is 1. The lowest BCUT2D eigenvalue weighted by molar-refractivity contribution is 0.0664. The van der Waals surface area contributed by atoms with Crippen LogP contribution in [0.25, 0.3) is 21.7 Å². The highest BCUT2D eigenvalue weighted by atomic mass is 16.2. The van der Waals surface area contributed by atoms with Crippen LogP contribution in [0.15, 0.2) is 60.9 Å². The van der Waals surface area contributed by atoms with Crippen LogP contribution in [0.4, 0.5) is 5.82 Å². The predicted molar refractivity (Wildman–Crippen MR) is 134 cm³/mol. The summed E-state index contributed by atoms with van der Waals surface area (Å²) in [5, 5.41) is 15.6. The van der Waals surface area contributed by atoms with Gasteiger partial charge in [-0.15, -0.1) is 0 Å². The van der Waals surface area contributed by atoms with Crippen molar-refractivity contribution in [2.24, 2.45) is 0 Å². The number of nitrogens with one attached hydrogen (secondary N) is 1. The van der Waals surface area contributed by atoms with Gasteiger partial charge in [-0.2, -0.15) is 5.26 Å². The average molecular weight is 451 g/mol. The number of nitriles is 1. The molecule has 170 valence electrons. The van der Waals surface area contributed by atoms with Gasteiger partial charge in [-0.3, -0.25) is 4.79 Å². The molecule has 1 fully saturated rings. The lowest BCUT2D eigenvalue weighted by Crippen LogP contribution is -2.47. The van der Waals surface area contributed by atoms with Crippen LogP contribution in [0.1, 0.15) is 21.5 Å². The fraction of sp³-hybridized carbons (Fsp3) is 0.259. The van der Waals surface area contributed by atoms with E-state index < -0.39 is 0 Å². The van der Waals surface area contributed by atoms with Gasteiger partial charge in [0.15, 0.2) is 0 Å². The van der Waals surface area contributed by atoms with Gasteiger partial charge in [-0.25, -0.2) is 9.97 Å². The van der Waals surface area contributed by atoms with Crippen molar-refractivity contribution in [3.05, 3.63) is 77.6 Å². The molecule has 0 atom stereocenters. The zero-order valence-electron chi connectivity index (χ0n) is 19.2. The minimum absolute atomic E-state index is 0.106. The Morgan fingerprint density at radius 1 is 1.00 bits per heavy atom.